The number of aryl methyl sites for hydroxylation is 1. The minimum atomic E-state index is -0.597. The lowest BCUT2D eigenvalue weighted by Gasteiger charge is -2.13. The molecule has 0 saturated carbocycles. The monoisotopic (exact) mass is 449 g/mol. The normalized spacial score (nSPS) is 10.8. The predicted molar refractivity (Wildman–Crippen MR) is 121 cm³/mol. The van der Waals surface area contributed by atoms with E-state index in [1.54, 1.807) is 49.4 Å². The second-order valence-electron chi connectivity index (χ2n) is 7.20. The summed E-state index contributed by atoms with van der Waals surface area (Å²) < 4.78 is 14.8. The van der Waals surface area contributed by atoms with Gasteiger partial charge in [-0.2, -0.15) is 0 Å². The maximum atomic E-state index is 13.4. The van der Waals surface area contributed by atoms with Crippen LogP contribution < -0.4 is 10.7 Å². The third-order valence-electron chi connectivity index (χ3n) is 4.86. The van der Waals surface area contributed by atoms with Crippen LogP contribution in [-0.4, -0.2) is 21.2 Å². The first-order valence-corrected chi connectivity index (χ1v) is 10.1. The summed E-state index contributed by atoms with van der Waals surface area (Å²) in [5.74, 6) is -1.50. The van der Waals surface area contributed by atoms with E-state index in [1.807, 2.05) is 0 Å². The van der Waals surface area contributed by atoms with Crippen molar-refractivity contribution in [1.29, 1.82) is 0 Å². The molecule has 0 saturated heterocycles. The molecule has 4 aromatic rings. The summed E-state index contributed by atoms with van der Waals surface area (Å²) in [4.78, 5) is 43.1. The van der Waals surface area contributed by atoms with E-state index in [9.17, 15) is 18.8 Å². The molecule has 0 bridgehead atoms. The topological polar surface area (TPSA) is 81.1 Å². The van der Waals surface area contributed by atoms with Crippen molar-refractivity contribution in [2.45, 2.75) is 13.5 Å². The molecule has 32 heavy (non-hydrogen) atoms. The second-order valence-corrected chi connectivity index (χ2v) is 7.60. The molecule has 0 radical (unpaired) electrons. The Bertz CT molecular complexity index is 1420. The van der Waals surface area contributed by atoms with Crippen LogP contribution in [0.15, 0.2) is 71.7 Å². The van der Waals surface area contributed by atoms with Gasteiger partial charge in [-0.25, -0.2) is 9.37 Å². The molecule has 0 aliphatic carbocycles. The number of carbonyl (C=O) groups is 2. The molecular weight excluding hydrogens is 433 g/mol. The number of benzene rings is 2. The van der Waals surface area contributed by atoms with Gasteiger partial charge in [-0.05, 0) is 37.3 Å². The highest BCUT2D eigenvalue weighted by Gasteiger charge is 2.19. The number of hydrogen-bond acceptors (Lipinski definition) is 4. The number of carbonyl (C=O) groups excluding carboxylic acids is 2. The molecule has 0 unspecified atom stereocenters. The van der Waals surface area contributed by atoms with Gasteiger partial charge in [-0.15, -0.1) is 0 Å². The number of nitrogens with one attached hydrogen (secondary N) is 1. The van der Waals surface area contributed by atoms with Crippen LogP contribution in [0.25, 0.3) is 11.0 Å². The number of rotatable bonds is 5. The number of anilines is 1. The Kier molecular flexibility index (Phi) is 5.83. The van der Waals surface area contributed by atoms with E-state index in [0.717, 1.165) is 6.07 Å². The van der Waals surface area contributed by atoms with E-state index in [2.05, 4.69) is 10.3 Å². The molecule has 8 heteroatoms. The zero-order chi connectivity index (χ0) is 22.8. The predicted octanol–water partition coefficient (Wildman–Crippen LogP) is 4.37. The number of hydrogen-bond donors (Lipinski definition) is 1. The van der Waals surface area contributed by atoms with Crippen LogP contribution in [0.2, 0.25) is 5.02 Å². The third kappa shape index (κ3) is 4.29. The quantitative estimate of drug-likeness (QED) is 0.459. The van der Waals surface area contributed by atoms with Crippen molar-refractivity contribution in [3.63, 3.8) is 0 Å². The van der Waals surface area contributed by atoms with E-state index in [-0.39, 0.29) is 28.2 Å². The average molecular weight is 450 g/mol. The smallest absolute Gasteiger partial charge is 0.244 e. The Labute approximate surface area is 187 Å². The molecular formula is C24H17ClFN3O3. The zero-order valence-electron chi connectivity index (χ0n) is 16.9. The van der Waals surface area contributed by atoms with Crippen molar-refractivity contribution in [2.75, 3.05) is 5.32 Å². The average Bonchev–Trinajstić information content (AvgIpc) is 2.78. The molecule has 4 rings (SSSR count). The SMILES string of the molecule is Cc1ccc2c(=O)c(C(=O)c3ccccc3)cn(CC(=O)Nc3ccc(F)c(Cl)c3)c2n1. The summed E-state index contributed by atoms with van der Waals surface area (Å²) in [6.45, 7) is 1.54. The number of ketones is 1. The van der Waals surface area contributed by atoms with Crippen LogP contribution in [0.5, 0.6) is 0 Å². The van der Waals surface area contributed by atoms with Gasteiger partial charge in [-0.3, -0.25) is 14.4 Å². The standard InChI is InChI=1S/C24H17ClFN3O3/c1-14-7-9-17-23(32)18(22(31)15-5-3-2-4-6-15)12-29(24(17)27-14)13-21(30)28-16-8-10-20(26)19(25)11-16/h2-12H,13H2,1H3,(H,28,30). The highest BCUT2D eigenvalue weighted by molar-refractivity contribution is 6.31. The lowest BCUT2D eigenvalue weighted by Crippen LogP contribution is -2.25. The Morgan fingerprint density at radius 2 is 1.84 bits per heavy atom. The molecule has 0 aliphatic rings. The summed E-state index contributed by atoms with van der Waals surface area (Å²) in [6.07, 6.45) is 1.35. The van der Waals surface area contributed by atoms with Gasteiger partial charge < -0.3 is 9.88 Å². The Balaban J connectivity index is 1.75. The summed E-state index contributed by atoms with van der Waals surface area (Å²) in [5, 5.41) is 2.74. The molecule has 0 aliphatic heterocycles. The van der Waals surface area contributed by atoms with Crippen LogP contribution in [0.4, 0.5) is 10.1 Å². The number of amides is 1. The summed E-state index contributed by atoms with van der Waals surface area (Å²) in [6, 6.07) is 15.5. The molecule has 6 nitrogen and oxygen atoms in total. The van der Waals surface area contributed by atoms with Gasteiger partial charge in [0.2, 0.25) is 11.3 Å². The van der Waals surface area contributed by atoms with E-state index >= 15 is 0 Å². The summed E-state index contributed by atoms with van der Waals surface area (Å²) >= 11 is 5.77. The number of halogens is 2. The van der Waals surface area contributed by atoms with Crippen molar-refractivity contribution >= 4 is 40.0 Å². The minimum absolute atomic E-state index is 0.0630. The maximum absolute atomic E-state index is 13.4. The van der Waals surface area contributed by atoms with Crippen molar-refractivity contribution in [3.05, 3.63) is 105 Å². The fraction of sp³-hybridized carbons (Fsp3) is 0.0833. The fourth-order valence-corrected chi connectivity index (χ4v) is 3.50. The number of fused-ring (bicyclic) bond motifs is 1. The molecule has 2 aromatic carbocycles. The summed E-state index contributed by atoms with van der Waals surface area (Å²) in [7, 11) is 0. The van der Waals surface area contributed by atoms with Crippen molar-refractivity contribution < 1.29 is 14.0 Å². The Hall–Kier alpha value is -3.84. The van der Waals surface area contributed by atoms with Crippen molar-refractivity contribution in [2.24, 2.45) is 0 Å². The first-order valence-electron chi connectivity index (χ1n) is 9.69. The summed E-state index contributed by atoms with van der Waals surface area (Å²) in [5.41, 5.74) is 1.10. The van der Waals surface area contributed by atoms with Gasteiger partial charge >= 0.3 is 0 Å². The zero-order valence-corrected chi connectivity index (χ0v) is 17.7. The van der Waals surface area contributed by atoms with Crippen LogP contribution in [0.1, 0.15) is 21.6 Å². The molecule has 0 atom stereocenters. The molecule has 0 spiro atoms. The number of aromatic nitrogens is 2. The second kappa shape index (κ2) is 8.72. The highest BCUT2D eigenvalue weighted by Crippen LogP contribution is 2.20. The van der Waals surface area contributed by atoms with Gasteiger partial charge in [-0.1, -0.05) is 41.9 Å². The lowest BCUT2D eigenvalue weighted by atomic mass is 10.0. The van der Waals surface area contributed by atoms with E-state index in [0.29, 0.717) is 16.9 Å². The van der Waals surface area contributed by atoms with Gasteiger partial charge in [0, 0.05) is 23.1 Å². The van der Waals surface area contributed by atoms with Crippen molar-refractivity contribution in [3.8, 4) is 0 Å². The van der Waals surface area contributed by atoms with E-state index in [1.165, 1.54) is 22.9 Å². The third-order valence-corrected chi connectivity index (χ3v) is 5.15. The van der Waals surface area contributed by atoms with Gasteiger partial charge in [0.1, 0.15) is 18.0 Å². The molecule has 2 heterocycles. The molecule has 1 N–H and O–H groups in total. The van der Waals surface area contributed by atoms with Gasteiger partial charge in [0.05, 0.1) is 16.0 Å². The molecule has 2 aromatic heterocycles. The molecule has 1 amide bonds. The van der Waals surface area contributed by atoms with Gasteiger partial charge in [0.25, 0.3) is 0 Å². The van der Waals surface area contributed by atoms with Crippen LogP contribution in [-0.2, 0) is 11.3 Å². The van der Waals surface area contributed by atoms with Crippen molar-refractivity contribution in [1.82, 2.24) is 9.55 Å². The van der Waals surface area contributed by atoms with Crippen LogP contribution >= 0.6 is 11.6 Å². The minimum Gasteiger partial charge on any atom is -0.324 e. The number of pyridine rings is 2. The molecule has 160 valence electrons. The first-order chi connectivity index (χ1) is 15.3. The number of nitrogens with zero attached hydrogens (tertiary/aromatic N) is 2. The lowest BCUT2D eigenvalue weighted by molar-refractivity contribution is -0.116. The van der Waals surface area contributed by atoms with E-state index < -0.39 is 22.9 Å². The van der Waals surface area contributed by atoms with Crippen LogP contribution in [0, 0.1) is 12.7 Å². The maximum Gasteiger partial charge on any atom is 0.244 e. The highest BCUT2D eigenvalue weighted by atomic mass is 35.5. The Morgan fingerprint density at radius 1 is 1.09 bits per heavy atom. The Morgan fingerprint density at radius 3 is 2.56 bits per heavy atom. The largest absolute Gasteiger partial charge is 0.324 e. The van der Waals surface area contributed by atoms with Gasteiger partial charge in [0.15, 0.2) is 5.78 Å². The van der Waals surface area contributed by atoms with Crippen LogP contribution in [0.3, 0.4) is 0 Å². The first kappa shape index (κ1) is 21.4. The van der Waals surface area contributed by atoms with E-state index in [4.69, 9.17) is 11.6 Å². The molecule has 0 fully saturated rings. The fourth-order valence-electron chi connectivity index (χ4n) is 3.32.